The van der Waals surface area contributed by atoms with Crippen LogP contribution >= 0.6 is 0 Å². The highest BCUT2D eigenvalue weighted by Gasteiger charge is 2.10. The summed E-state index contributed by atoms with van der Waals surface area (Å²) in [5, 5.41) is 0. The number of likely N-dealkylation sites (N-methyl/N-ethyl adjacent to an activating group) is 1. The van der Waals surface area contributed by atoms with Gasteiger partial charge in [0.05, 0.1) is 5.69 Å². The molecule has 0 saturated heterocycles. The van der Waals surface area contributed by atoms with E-state index in [9.17, 15) is 0 Å². The van der Waals surface area contributed by atoms with Gasteiger partial charge in [-0.3, -0.25) is 4.98 Å². The Morgan fingerprint density at radius 2 is 2.21 bits per heavy atom. The van der Waals surface area contributed by atoms with Crippen molar-refractivity contribution in [3.05, 3.63) is 35.2 Å². The lowest BCUT2D eigenvalue weighted by Gasteiger charge is -2.18. The van der Waals surface area contributed by atoms with Crippen molar-refractivity contribution in [3.63, 3.8) is 0 Å². The molecule has 0 fully saturated rings. The van der Waals surface area contributed by atoms with Gasteiger partial charge in [-0.2, -0.15) is 0 Å². The number of pyridine rings is 1. The van der Waals surface area contributed by atoms with Crippen molar-refractivity contribution in [3.8, 4) is 0 Å². The molecule has 0 radical (unpaired) electrons. The summed E-state index contributed by atoms with van der Waals surface area (Å²) in [6.45, 7) is 1.05. The van der Waals surface area contributed by atoms with Gasteiger partial charge in [0.15, 0.2) is 0 Å². The first kappa shape index (κ1) is 9.41. The van der Waals surface area contributed by atoms with Gasteiger partial charge in [0, 0.05) is 12.7 Å². The SMILES string of the molecule is CN(C)CC1=Cc2ncccc2CC1. The van der Waals surface area contributed by atoms with Crippen LogP contribution in [-0.2, 0) is 6.42 Å². The van der Waals surface area contributed by atoms with Crippen LogP contribution in [0.3, 0.4) is 0 Å². The van der Waals surface area contributed by atoms with E-state index < -0.39 is 0 Å². The van der Waals surface area contributed by atoms with Crippen LogP contribution in [0.25, 0.3) is 6.08 Å². The molecular weight excluding hydrogens is 172 g/mol. The fraction of sp³-hybridized carbons (Fsp3) is 0.417. The fourth-order valence-electron chi connectivity index (χ4n) is 1.88. The molecule has 2 nitrogen and oxygen atoms in total. The average Bonchev–Trinajstić information content (AvgIpc) is 2.17. The molecule has 74 valence electrons. The fourth-order valence-corrected chi connectivity index (χ4v) is 1.88. The van der Waals surface area contributed by atoms with Crippen molar-refractivity contribution in [2.75, 3.05) is 20.6 Å². The van der Waals surface area contributed by atoms with Crippen LogP contribution in [0.1, 0.15) is 17.7 Å². The molecule has 1 aromatic heterocycles. The predicted octanol–water partition coefficient (Wildman–Crippen LogP) is 1.97. The Balaban J connectivity index is 2.22. The Kier molecular flexibility index (Phi) is 2.64. The maximum Gasteiger partial charge on any atom is 0.0661 e. The van der Waals surface area contributed by atoms with Crippen LogP contribution in [-0.4, -0.2) is 30.5 Å². The Hall–Kier alpha value is -1.15. The average molecular weight is 188 g/mol. The van der Waals surface area contributed by atoms with Crippen LogP contribution < -0.4 is 0 Å². The molecule has 2 heteroatoms. The molecule has 0 unspecified atom stereocenters. The number of nitrogens with zero attached hydrogens (tertiary/aromatic N) is 2. The minimum absolute atomic E-state index is 1.05. The van der Waals surface area contributed by atoms with E-state index in [0.29, 0.717) is 0 Å². The van der Waals surface area contributed by atoms with Crippen molar-refractivity contribution in [1.82, 2.24) is 9.88 Å². The quantitative estimate of drug-likeness (QED) is 0.705. The van der Waals surface area contributed by atoms with Crippen LogP contribution in [0.15, 0.2) is 23.9 Å². The summed E-state index contributed by atoms with van der Waals surface area (Å²) < 4.78 is 0. The topological polar surface area (TPSA) is 16.1 Å². The Bertz CT molecular complexity index is 353. The van der Waals surface area contributed by atoms with E-state index in [2.05, 4.69) is 36.1 Å². The molecule has 14 heavy (non-hydrogen) atoms. The normalized spacial score (nSPS) is 15.2. The summed E-state index contributed by atoms with van der Waals surface area (Å²) in [7, 11) is 4.21. The van der Waals surface area contributed by atoms with Crippen LogP contribution in [0.2, 0.25) is 0 Å². The van der Waals surface area contributed by atoms with Gasteiger partial charge >= 0.3 is 0 Å². The zero-order valence-electron chi connectivity index (χ0n) is 8.83. The third-order valence-electron chi connectivity index (χ3n) is 2.50. The minimum atomic E-state index is 1.05. The zero-order chi connectivity index (χ0) is 9.97. The first-order valence-electron chi connectivity index (χ1n) is 5.04. The van der Waals surface area contributed by atoms with Crippen LogP contribution in [0.5, 0.6) is 0 Å². The maximum absolute atomic E-state index is 4.38. The van der Waals surface area contributed by atoms with Crippen molar-refractivity contribution in [2.24, 2.45) is 0 Å². The second-order valence-corrected chi connectivity index (χ2v) is 4.09. The number of hydrogen-bond acceptors (Lipinski definition) is 2. The van der Waals surface area contributed by atoms with E-state index in [-0.39, 0.29) is 0 Å². The molecule has 1 heterocycles. The zero-order valence-corrected chi connectivity index (χ0v) is 8.83. The maximum atomic E-state index is 4.38. The van der Waals surface area contributed by atoms with E-state index in [1.807, 2.05) is 12.3 Å². The summed E-state index contributed by atoms with van der Waals surface area (Å²) in [6, 6.07) is 4.19. The molecule has 0 bridgehead atoms. The molecule has 2 rings (SSSR count). The number of fused-ring (bicyclic) bond motifs is 1. The van der Waals surface area contributed by atoms with E-state index in [1.165, 1.54) is 17.6 Å². The van der Waals surface area contributed by atoms with Crippen molar-refractivity contribution >= 4 is 6.08 Å². The summed E-state index contributed by atoms with van der Waals surface area (Å²) in [5.74, 6) is 0. The van der Waals surface area contributed by atoms with E-state index in [4.69, 9.17) is 0 Å². The second-order valence-electron chi connectivity index (χ2n) is 4.09. The molecule has 0 atom stereocenters. The largest absolute Gasteiger partial charge is 0.305 e. The van der Waals surface area contributed by atoms with E-state index in [1.54, 1.807) is 0 Å². The monoisotopic (exact) mass is 188 g/mol. The van der Waals surface area contributed by atoms with Gasteiger partial charge < -0.3 is 4.90 Å². The Morgan fingerprint density at radius 3 is 3.00 bits per heavy atom. The van der Waals surface area contributed by atoms with Crippen molar-refractivity contribution in [2.45, 2.75) is 12.8 Å². The van der Waals surface area contributed by atoms with Crippen molar-refractivity contribution < 1.29 is 0 Å². The third-order valence-corrected chi connectivity index (χ3v) is 2.50. The van der Waals surface area contributed by atoms with Gasteiger partial charge in [0.2, 0.25) is 0 Å². The lowest BCUT2D eigenvalue weighted by atomic mass is 9.96. The summed E-state index contributed by atoms with van der Waals surface area (Å²) in [6.07, 6.45) is 6.42. The Morgan fingerprint density at radius 1 is 1.36 bits per heavy atom. The predicted molar refractivity (Wildman–Crippen MR) is 59.1 cm³/mol. The minimum Gasteiger partial charge on any atom is -0.305 e. The Labute approximate surface area is 85.3 Å². The standard InChI is InChI=1S/C12H16N2/c1-14(2)9-10-5-6-11-4-3-7-13-12(11)8-10/h3-4,7-8H,5-6,9H2,1-2H3. The van der Waals surface area contributed by atoms with Crippen LogP contribution in [0.4, 0.5) is 0 Å². The van der Waals surface area contributed by atoms with Gasteiger partial charge in [-0.25, -0.2) is 0 Å². The third kappa shape index (κ3) is 2.02. The summed E-state index contributed by atoms with van der Waals surface area (Å²) >= 11 is 0. The van der Waals surface area contributed by atoms with E-state index in [0.717, 1.165) is 18.7 Å². The number of aromatic nitrogens is 1. The highest BCUT2D eigenvalue weighted by Crippen LogP contribution is 2.21. The van der Waals surface area contributed by atoms with Crippen molar-refractivity contribution in [1.29, 1.82) is 0 Å². The van der Waals surface area contributed by atoms with E-state index >= 15 is 0 Å². The molecule has 0 aromatic carbocycles. The lowest BCUT2D eigenvalue weighted by Crippen LogP contribution is -2.17. The number of hydrogen-bond donors (Lipinski definition) is 0. The van der Waals surface area contributed by atoms with Gasteiger partial charge in [-0.15, -0.1) is 0 Å². The van der Waals surface area contributed by atoms with Gasteiger partial charge in [-0.1, -0.05) is 11.6 Å². The van der Waals surface area contributed by atoms with Crippen LogP contribution in [0, 0.1) is 0 Å². The molecule has 1 aliphatic rings. The van der Waals surface area contributed by atoms with Gasteiger partial charge in [0.1, 0.15) is 0 Å². The summed E-state index contributed by atoms with van der Waals surface area (Å²) in [4.78, 5) is 6.59. The number of rotatable bonds is 2. The van der Waals surface area contributed by atoms with Gasteiger partial charge in [-0.05, 0) is 44.6 Å². The lowest BCUT2D eigenvalue weighted by molar-refractivity contribution is 0.439. The smallest absolute Gasteiger partial charge is 0.0661 e. The first-order chi connectivity index (χ1) is 6.75. The molecule has 0 N–H and O–H groups in total. The molecule has 1 aromatic rings. The molecule has 0 saturated carbocycles. The molecule has 0 aliphatic heterocycles. The summed E-state index contributed by atoms with van der Waals surface area (Å²) in [5.41, 5.74) is 4.03. The molecular formula is C12H16N2. The highest BCUT2D eigenvalue weighted by atomic mass is 15.0. The molecule has 1 aliphatic carbocycles. The highest BCUT2D eigenvalue weighted by molar-refractivity contribution is 5.56. The second kappa shape index (κ2) is 3.93. The first-order valence-corrected chi connectivity index (χ1v) is 5.04. The van der Waals surface area contributed by atoms with Gasteiger partial charge in [0.25, 0.3) is 0 Å². The molecule has 0 amide bonds. The molecule has 0 spiro atoms. The number of aryl methyl sites for hydroxylation is 1.